The molecule has 0 aliphatic carbocycles. The highest BCUT2D eigenvalue weighted by Crippen LogP contribution is 2.27. The van der Waals surface area contributed by atoms with Crippen LogP contribution >= 0.6 is 0 Å². The lowest BCUT2D eigenvalue weighted by Crippen LogP contribution is -2.42. The number of benzene rings is 1. The molecule has 9 heteroatoms. The number of alkyl halides is 1. The molecule has 162 valence electrons. The van der Waals surface area contributed by atoms with Crippen LogP contribution in [0.15, 0.2) is 30.5 Å². The van der Waals surface area contributed by atoms with E-state index in [0.29, 0.717) is 17.6 Å². The summed E-state index contributed by atoms with van der Waals surface area (Å²) in [4.78, 5) is 32.5. The first kappa shape index (κ1) is 21.0. The lowest BCUT2D eigenvalue weighted by Gasteiger charge is -2.23. The zero-order valence-electron chi connectivity index (χ0n) is 17.3. The van der Waals surface area contributed by atoms with Crippen molar-refractivity contribution in [1.82, 2.24) is 20.1 Å². The summed E-state index contributed by atoms with van der Waals surface area (Å²) < 4.78 is 13.6. The fraction of sp³-hybridized carbons (Fsp3) is 0.455. The van der Waals surface area contributed by atoms with Crippen molar-refractivity contribution in [1.29, 1.82) is 5.26 Å². The number of fused-ring (bicyclic) bond motifs is 1. The Labute approximate surface area is 180 Å². The van der Waals surface area contributed by atoms with Gasteiger partial charge in [0.1, 0.15) is 12.2 Å². The zero-order valence-corrected chi connectivity index (χ0v) is 17.3. The van der Waals surface area contributed by atoms with E-state index in [2.05, 4.69) is 15.6 Å². The maximum absolute atomic E-state index is 13.6. The third-order valence-electron chi connectivity index (χ3n) is 5.95. The van der Waals surface area contributed by atoms with Gasteiger partial charge in [-0.15, -0.1) is 0 Å². The smallest absolute Gasteiger partial charge is 0.253 e. The number of aromatic nitrogens is 1. The number of hydrogen-bond acceptors (Lipinski definition) is 6. The number of carbonyl (C=O) groups excluding carboxylic acids is 2. The minimum absolute atomic E-state index is 0.00323. The van der Waals surface area contributed by atoms with Crippen LogP contribution in [0.1, 0.15) is 23.2 Å². The van der Waals surface area contributed by atoms with Gasteiger partial charge in [-0.2, -0.15) is 5.26 Å². The first-order valence-electron chi connectivity index (χ1n) is 10.4. The molecule has 1 aromatic heterocycles. The number of nitrogens with zero attached hydrogens (tertiary/aromatic N) is 4. The second-order valence-corrected chi connectivity index (χ2v) is 8.03. The summed E-state index contributed by atoms with van der Waals surface area (Å²) >= 11 is 0. The lowest BCUT2D eigenvalue weighted by atomic mass is 10.1. The molecule has 2 amide bonds. The monoisotopic (exact) mass is 424 g/mol. The summed E-state index contributed by atoms with van der Waals surface area (Å²) in [5, 5.41) is 16.2. The average Bonchev–Trinajstić information content (AvgIpc) is 3.39. The van der Waals surface area contributed by atoms with Crippen molar-refractivity contribution in [3.63, 3.8) is 0 Å². The first-order chi connectivity index (χ1) is 15.0. The Morgan fingerprint density at radius 1 is 1.32 bits per heavy atom. The highest BCUT2D eigenvalue weighted by molar-refractivity contribution is 6.08. The van der Waals surface area contributed by atoms with Crippen LogP contribution < -0.4 is 10.6 Å². The van der Waals surface area contributed by atoms with E-state index < -0.39 is 12.2 Å². The summed E-state index contributed by atoms with van der Waals surface area (Å²) in [5.74, 6) is -0.383. The maximum atomic E-state index is 13.6. The molecule has 8 nitrogen and oxygen atoms in total. The van der Waals surface area contributed by atoms with E-state index >= 15 is 0 Å². The minimum Gasteiger partial charge on any atom is -0.380 e. The molecule has 0 bridgehead atoms. The molecule has 2 aromatic rings. The van der Waals surface area contributed by atoms with E-state index in [-0.39, 0.29) is 37.4 Å². The molecule has 2 fully saturated rings. The second kappa shape index (κ2) is 8.86. The predicted molar refractivity (Wildman–Crippen MR) is 114 cm³/mol. The molecular formula is C22H25FN6O2. The Bertz CT molecular complexity index is 1040. The topological polar surface area (TPSA) is 101 Å². The number of likely N-dealkylation sites (tertiary alicyclic amines) is 2. The Kier molecular flexibility index (Phi) is 6.00. The molecule has 1 unspecified atom stereocenters. The maximum Gasteiger partial charge on any atom is 0.253 e. The Balaban J connectivity index is 1.42. The van der Waals surface area contributed by atoms with Crippen LogP contribution in [0.2, 0.25) is 0 Å². The lowest BCUT2D eigenvalue weighted by molar-refractivity contribution is -0.132. The Hall–Kier alpha value is -3.25. The summed E-state index contributed by atoms with van der Waals surface area (Å²) in [7, 11) is 1.59. The van der Waals surface area contributed by atoms with E-state index in [4.69, 9.17) is 5.26 Å². The highest BCUT2D eigenvalue weighted by atomic mass is 19.1. The summed E-state index contributed by atoms with van der Waals surface area (Å²) in [5.41, 5.74) is 2.04. The summed E-state index contributed by atoms with van der Waals surface area (Å²) in [6, 6.07) is 8.88. The van der Waals surface area contributed by atoms with Crippen molar-refractivity contribution in [3.8, 4) is 6.07 Å². The van der Waals surface area contributed by atoms with Gasteiger partial charge in [0.05, 0.1) is 30.2 Å². The highest BCUT2D eigenvalue weighted by Gasteiger charge is 2.36. The molecule has 1 aromatic carbocycles. The number of carbonyl (C=O) groups is 2. The fourth-order valence-corrected chi connectivity index (χ4v) is 4.40. The minimum atomic E-state index is -1.12. The van der Waals surface area contributed by atoms with E-state index in [1.807, 2.05) is 29.2 Å². The number of halogens is 1. The van der Waals surface area contributed by atoms with E-state index in [1.165, 1.54) is 4.90 Å². The zero-order chi connectivity index (χ0) is 22.0. The van der Waals surface area contributed by atoms with Crippen molar-refractivity contribution in [3.05, 3.63) is 36.0 Å². The molecule has 4 rings (SSSR count). The third kappa shape index (κ3) is 4.30. The molecule has 0 spiro atoms. The van der Waals surface area contributed by atoms with Gasteiger partial charge in [-0.3, -0.25) is 19.5 Å². The van der Waals surface area contributed by atoms with Crippen LogP contribution in [0.3, 0.4) is 0 Å². The molecule has 3 heterocycles. The largest absolute Gasteiger partial charge is 0.380 e. The van der Waals surface area contributed by atoms with Crippen LogP contribution in [-0.4, -0.2) is 78.1 Å². The molecule has 0 radical (unpaired) electrons. The van der Waals surface area contributed by atoms with Crippen LogP contribution in [0.25, 0.3) is 10.9 Å². The van der Waals surface area contributed by atoms with Gasteiger partial charge in [0.2, 0.25) is 5.91 Å². The standard InChI is InChI=1S/C22H25FN6O2/c1-25-22(31)18-4-5-19(17-3-2-7-26-21(17)18)27-15-6-8-28(12-15)13-20(30)29-11-14(23)9-16(29)10-24/h2-5,7,14-16,27H,6,8-9,11-13H2,1H3,(H,25,31)/t14-,15-,16?/m0/s1. The van der Waals surface area contributed by atoms with E-state index in [1.54, 1.807) is 19.3 Å². The normalized spacial score (nSPS) is 23.6. The number of pyridine rings is 1. The average molecular weight is 424 g/mol. The van der Waals surface area contributed by atoms with Gasteiger partial charge in [-0.1, -0.05) is 0 Å². The number of nitrogens with one attached hydrogen (secondary N) is 2. The number of nitriles is 1. The number of rotatable bonds is 5. The molecule has 31 heavy (non-hydrogen) atoms. The predicted octanol–water partition coefficient (Wildman–Crippen LogP) is 1.54. The number of hydrogen-bond donors (Lipinski definition) is 2. The van der Waals surface area contributed by atoms with Gasteiger partial charge >= 0.3 is 0 Å². The molecule has 0 saturated carbocycles. The number of anilines is 1. The van der Waals surface area contributed by atoms with E-state index in [0.717, 1.165) is 24.0 Å². The SMILES string of the molecule is CNC(=O)c1ccc(N[C@H]2CCN(CC(=O)N3C[C@@H](F)CC3C#N)C2)c2cccnc12. The van der Waals surface area contributed by atoms with Gasteiger partial charge in [-0.05, 0) is 30.7 Å². The van der Waals surface area contributed by atoms with Crippen LogP contribution in [0, 0.1) is 11.3 Å². The molecule has 2 N–H and O–H groups in total. The molecule has 2 saturated heterocycles. The van der Waals surface area contributed by atoms with Gasteiger partial charge < -0.3 is 15.5 Å². The van der Waals surface area contributed by atoms with Gasteiger partial charge in [0.15, 0.2) is 0 Å². The molecular weight excluding hydrogens is 399 g/mol. The number of amides is 2. The summed E-state index contributed by atoms with van der Waals surface area (Å²) in [6.07, 6.45) is 1.48. The molecule has 2 aliphatic rings. The van der Waals surface area contributed by atoms with Crippen LogP contribution in [0.4, 0.5) is 10.1 Å². The van der Waals surface area contributed by atoms with Gasteiger partial charge in [0, 0.05) is 49.9 Å². The quantitative estimate of drug-likeness (QED) is 0.755. The molecule has 3 atom stereocenters. The fourth-order valence-electron chi connectivity index (χ4n) is 4.40. The van der Waals surface area contributed by atoms with Crippen molar-refractivity contribution < 1.29 is 14.0 Å². The second-order valence-electron chi connectivity index (χ2n) is 8.03. The Morgan fingerprint density at radius 2 is 2.16 bits per heavy atom. The Morgan fingerprint density at radius 3 is 2.94 bits per heavy atom. The van der Waals surface area contributed by atoms with Crippen LogP contribution in [0.5, 0.6) is 0 Å². The van der Waals surface area contributed by atoms with Crippen molar-refractivity contribution in [2.45, 2.75) is 31.1 Å². The summed E-state index contributed by atoms with van der Waals surface area (Å²) in [6.45, 7) is 1.58. The van der Waals surface area contributed by atoms with E-state index in [9.17, 15) is 14.0 Å². The van der Waals surface area contributed by atoms with Crippen molar-refractivity contribution in [2.75, 3.05) is 38.5 Å². The third-order valence-corrected chi connectivity index (χ3v) is 5.95. The van der Waals surface area contributed by atoms with Crippen molar-refractivity contribution in [2.24, 2.45) is 0 Å². The first-order valence-corrected chi connectivity index (χ1v) is 10.4. The van der Waals surface area contributed by atoms with Gasteiger partial charge in [-0.25, -0.2) is 4.39 Å². The van der Waals surface area contributed by atoms with Crippen LogP contribution in [-0.2, 0) is 4.79 Å². The van der Waals surface area contributed by atoms with Gasteiger partial charge in [0.25, 0.3) is 5.91 Å². The molecule has 2 aliphatic heterocycles. The van der Waals surface area contributed by atoms with Crippen molar-refractivity contribution >= 4 is 28.4 Å².